The van der Waals surface area contributed by atoms with E-state index in [2.05, 4.69) is 5.32 Å². The third-order valence-electron chi connectivity index (χ3n) is 4.49. The number of nitrogens with zero attached hydrogens (tertiary/aromatic N) is 1. The summed E-state index contributed by atoms with van der Waals surface area (Å²) in [6.45, 7) is 1.93. The van der Waals surface area contributed by atoms with E-state index in [0.717, 1.165) is 33.4 Å². The molecule has 3 aromatic carbocycles. The number of hydrogen-bond donors (Lipinski definition) is 1. The summed E-state index contributed by atoms with van der Waals surface area (Å²) >= 11 is 6.17. The standard InChI is InChI=1S/C23H17ClN2O/c1-15-21(23(27)25-18-10-3-2-4-11-18)19-12-5-6-13-20(19)26-22(15)16-8-7-9-17(24)14-16/h2-14H,1H3,(H,25,27). The minimum Gasteiger partial charge on any atom is -0.322 e. The number of fused-ring (bicyclic) bond motifs is 1. The summed E-state index contributed by atoms with van der Waals surface area (Å²) in [5.41, 5.74) is 4.63. The van der Waals surface area contributed by atoms with Crippen LogP contribution in [-0.2, 0) is 0 Å². The fraction of sp³-hybridized carbons (Fsp3) is 0.0435. The van der Waals surface area contributed by atoms with Gasteiger partial charge in [0.2, 0.25) is 0 Å². The lowest BCUT2D eigenvalue weighted by atomic mass is 9.97. The molecule has 0 spiro atoms. The Bertz CT molecular complexity index is 1140. The van der Waals surface area contributed by atoms with Gasteiger partial charge in [-0.15, -0.1) is 0 Å². The smallest absolute Gasteiger partial charge is 0.256 e. The second kappa shape index (κ2) is 7.22. The second-order valence-electron chi connectivity index (χ2n) is 6.31. The number of halogens is 1. The van der Waals surface area contributed by atoms with E-state index in [1.807, 2.05) is 85.8 Å². The van der Waals surface area contributed by atoms with Crippen LogP contribution in [-0.4, -0.2) is 10.9 Å². The predicted molar refractivity (Wildman–Crippen MR) is 111 cm³/mol. The lowest BCUT2D eigenvalue weighted by Gasteiger charge is -2.15. The molecule has 4 aromatic rings. The third-order valence-corrected chi connectivity index (χ3v) is 4.73. The normalized spacial score (nSPS) is 10.7. The van der Waals surface area contributed by atoms with Gasteiger partial charge in [0.1, 0.15) is 0 Å². The number of hydrogen-bond acceptors (Lipinski definition) is 2. The van der Waals surface area contributed by atoms with Crippen molar-refractivity contribution in [3.63, 3.8) is 0 Å². The van der Waals surface area contributed by atoms with Gasteiger partial charge in [0.15, 0.2) is 0 Å². The van der Waals surface area contributed by atoms with Crippen LogP contribution in [0.1, 0.15) is 15.9 Å². The van der Waals surface area contributed by atoms with Crippen molar-refractivity contribution in [1.29, 1.82) is 0 Å². The first-order valence-electron chi connectivity index (χ1n) is 8.65. The number of nitrogens with one attached hydrogen (secondary N) is 1. The summed E-state index contributed by atoms with van der Waals surface area (Å²) in [6, 6.07) is 24.7. The van der Waals surface area contributed by atoms with Crippen molar-refractivity contribution in [3.05, 3.63) is 95.0 Å². The first-order chi connectivity index (χ1) is 13.1. The van der Waals surface area contributed by atoms with Gasteiger partial charge in [-0.05, 0) is 42.8 Å². The first kappa shape index (κ1) is 17.3. The minimum atomic E-state index is -0.152. The van der Waals surface area contributed by atoms with E-state index in [1.54, 1.807) is 0 Å². The van der Waals surface area contributed by atoms with E-state index in [9.17, 15) is 4.79 Å². The molecule has 0 radical (unpaired) electrons. The molecule has 0 saturated carbocycles. The van der Waals surface area contributed by atoms with Gasteiger partial charge >= 0.3 is 0 Å². The highest BCUT2D eigenvalue weighted by molar-refractivity contribution is 6.30. The number of para-hydroxylation sites is 2. The number of benzene rings is 3. The molecule has 0 unspecified atom stereocenters. The molecule has 0 aliphatic rings. The van der Waals surface area contributed by atoms with E-state index < -0.39 is 0 Å². The quantitative estimate of drug-likeness (QED) is 0.471. The van der Waals surface area contributed by atoms with Crippen molar-refractivity contribution < 1.29 is 4.79 Å². The maximum Gasteiger partial charge on any atom is 0.256 e. The predicted octanol–water partition coefficient (Wildman–Crippen LogP) is 6.12. The summed E-state index contributed by atoms with van der Waals surface area (Å²) < 4.78 is 0. The number of aromatic nitrogens is 1. The van der Waals surface area contributed by atoms with E-state index in [0.29, 0.717) is 10.6 Å². The van der Waals surface area contributed by atoms with Crippen LogP contribution in [0.15, 0.2) is 78.9 Å². The van der Waals surface area contributed by atoms with Crippen LogP contribution in [0, 0.1) is 6.92 Å². The number of pyridine rings is 1. The Balaban J connectivity index is 1.90. The molecular formula is C23H17ClN2O. The summed E-state index contributed by atoms with van der Waals surface area (Å²) in [5, 5.41) is 4.45. The first-order valence-corrected chi connectivity index (χ1v) is 9.03. The molecule has 1 amide bonds. The molecule has 0 fully saturated rings. The molecule has 132 valence electrons. The largest absolute Gasteiger partial charge is 0.322 e. The number of carbonyl (C=O) groups is 1. The summed E-state index contributed by atoms with van der Waals surface area (Å²) in [7, 11) is 0. The molecule has 1 N–H and O–H groups in total. The molecule has 1 heterocycles. The fourth-order valence-electron chi connectivity index (χ4n) is 3.23. The highest BCUT2D eigenvalue weighted by Gasteiger charge is 2.19. The molecule has 0 atom stereocenters. The lowest BCUT2D eigenvalue weighted by Crippen LogP contribution is -2.15. The van der Waals surface area contributed by atoms with E-state index >= 15 is 0 Å². The molecule has 0 bridgehead atoms. The van der Waals surface area contributed by atoms with Gasteiger partial charge in [-0.1, -0.05) is 60.1 Å². The fourth-order valence-corrected chi connectivity index (χ4v) is 3.42. The monoisotopic (exact) mass is 372 g/mol. The van der Waals surface area contributed by atoms with Crippen LogP contribution < -0.4 is 5.32 Å². The van der Waals surface area contributed by atoms with Crippen molar-refractivity contribution in [1.82, 2.24) is 4.98 Å². The van der Waals surface area contributed by atoms with Crippen molar-refractivity contribution in [3.8, 4) is 11.3 Å². The Kier molecular flexibility index (Phi) is 4.61. The van der Waals surface area contributed by atoms with Gasteiger partial charge in [0, 0.05) is 21.7 Å². The number of amides is 1. The maximum atomic E-state index is 13.1. The second-order valence-corrected chi connectivity index (χ2v) is 6.74. The van der Waals surface area contributed by atoms with Crippen LogP contribution in [0.25, 0.3) is 22.2 Å². The topological polar surface area (TPSA) is 42.0 Å². The Hall–Kier alpha value is -3.17. The summed E-state index contributed by atoms with van der Waals surface area (Å²) in [6.07, 6.45) is 0. The molecule has 3 nitrogen and oxygen atoms in total. The van der Waals surface area contributed by atoms with Gasteiger partial charge in [0.05, 0.1) is 16.8 Å². The maximum absolute atomic E-state index is 13.1. The molecule has 4 rings (SSSR count). The van der Waals surface area contributed by atoms with Gasteiger partial charge in [-0.25, -0.2) is 4.98 Å². The zero-order chi connectivity index (χ0) is 18.8. The third kappa shape index (κ3) is 3.42. The van der Waals surface area contributed by atoms with E-state index in [1.165, 1.54) is 0 Å². The highest BCUT2D eigenvalue weighted by atomic mass is 35.5. The Morgan fingerprint density at radius 3 is 2.44 bits per heavy atom. The Morgan fingerprint density at radius 1 is 0.926 bits per heavy atom. The number of carbonyl (C=O) groups excluding carboxylic acids is 1. The number of anilines is 1. The van der Waals surface area contributed by atoms with Crippen molar-refractivity contribution >= 4 is 34.1 Å². The zero-order valence-electron chi connectivity index (χ0n) is 14.7. The van der Waals surface area contributed by atoms with Crippen molar-refractivity contribution in [2.45, 2.75) is 6.92 Å². The molecule has 0 aliphatic heterocycles. The van der Waals surface area contributed by atoms with Crippen molar-refractivity contribution in [2.24, 2.45) is 0 Å². The summed E-state index contributed by atoms with van der Waals surface area (Å²) in [4.78, 5) is 17.9. The SMILES string of the molecule is Cc1c(-c2cccc(Cl)c2)nc2ccccc2c1C(=O)Nc1ccccc1. The van der Waals surface area contributed by atoms with Crippen LogP contribution in [0.2, 0.25) is 5.02 Å². The van der Waals surface area contributed by atoms with Gasteiger partial charge in [-0.2, -0.15) is 0 Å². The average Bonchev–Trinajstić information content (AvgIpc) is 2.68. The van der Waals surface area contributed by atoms with Crippen LogP contribution in [0.4, 0.5) is 5.69 Å². The summed E-state index contributed by atoms with van der Waals surface area (Å²) in [5.74, 6) is -0.152. The van der Waals surface area contributed by atoms with Crippen LogP contribution >= 0.6 is 11.6 Å². The van der Waals surface area contributed by atoms with Crippen molar-refractivity contribution in [2.75, 3.05) is 5.32 Å². The highest BCUT2D eigenvalue weighted by Crippen LogP contribution is 2.31. The van der Waals surface area contributed by atoms with Crippen LogP contribution in [0.5, 0.6) is 0 Å². The lowest BCUT2D eigenvalue weighted by molar-refractivity contribution is 0.102. The van der Waals surface area contributed by atoms with E-state index in [4.69, 9.17) is 16.6 Å². The molecular weight excluding hydrogens is 356 g/mol. The zero-order valence-corrected chi connectivity index (χ0v) is 15.5. The molecule has 4 heteroatoms. The molecule has 27 heavy (non-hydrogen) atoms. The Labute approximate surface area is 162 Å². The van der Waals surface area contributed by atoms with Gasteiger partial charge < -0.3 is 5.32 Å². The van der Waals surface area contributed by atoms with Gasteiger partial charge in [-0.3, -0.25) is 4.79 Å². The molecule has 1 aromatic heterocycles. The Morgan fingerprint density at radius 2 is 1.67 bits per heavy atom. The van der Waals surface area contributed by atoms with E-state index in [-0.39, 0.29) is 5.91 Å². The number of rotatable bonds is 3. The average molecular weight is 373 g/mol. The molecule has 0 aliphatic carbocycles. The minimum absolute atomic E-state index is 0.152. The van der Waals surface area contributed by atoms with Crippen LogP contribution in [0.3, 0.4) is 0 Å². The van der Waals surface area contributed by atoms with Gasteiger partial charge in [0.25, 0.3) is 5.91 Å². The molecule has 0 saturated heterocycles.